The van der Waals surface area contributed by atoms with Gasteiger partial charge in [-0.15, -0.1) is 0 Å². The molecule has 9 rings (SSSR count). The van der Waals surface area contributed by atoms with Gasteiger partial charge in [-0.2, -0.15) is 0 Å². The lowest BCUT2D eigenvalue weighted by Crippen LogP contribution is -2.64. The number of rotatable bonds is 30. The highest BCUT2D eigenvalue weighted by Gasteiger charge is 2.45. The molecule has 6 amide bonds. The Balaban J connectivity index is 0.834. The molecule has 0 bridgehead atoms. The van der Waals surface area contributed by atoms with Crippen LogP contribution in [-0.2, 0) is 19.1 Å². The van der Waals surface area contributed by atoms with Gasteiger partial charge in [0.2, 0.25) is 11.8 Å². The van der Waals surface area contributed by atoms with Crippen LogP contribution >= 0.6 is 0 Å². The van der Waals surface area contributed by atoms with Gasteiger partial charge in [0.15, 0.2) is 12.5 Å². The van der Waals surface area contributed by atoms with E-state index in [0.717, 1.165) is 35.1 Å². The van der Waals surface area contributed by atoms with Crippen LogP contribution in [0, 0.1) is 0 Å². The highest BCUT2D eigenvalue weighted by atomic mass is 16.6. The number of aliphatic hydroxyl groups excluding tert-OH is 8. The normalized spacial score (nSPS) is 21.0. The minimum Gasteiger partial charge on any atom is -0.494 e. The molecule has 8 heterocycles. The zero-order valence-electron chi connectivity index (χ0n) is 51.4. The Labute approximate surface area is 541 Å². The van der Waals surface area contributed by atoms with Gasteiger partial charge in [0, 0.05) is 76.9 Å². The number of nitrogens with one attached hydrogen (secondary N) is 6. The number of hydrogen-bond donors (Lipinski definition) is 14. The van der Waals surface area contributed by atoms with Crippen LogP contribution in [-0.4, -0.2) is 226 Å². The average molecular weight is 1290 g/mol. The van der Waals surface area contributed by atoms with Gasteiger partial charge >= 0.3 is 12.1 Å². The number of carbonyl (C=O) groups is 4. The van der Waals surface area contributed by atoms with Crippen LogP contribution in [0.25, 0.3) is 67.8 Å². The maximum atomic E-state index is 13.1. The van der Waals surface area contributed by atoms with E-state index in [1.807, 2.05) is 114 Å². The molecule has 0 unspecified atom stereocenters. The average Bonchev–Trinajstić information content (AvgIpc) is 0.805. The first-order valence-corrected chi connectivity index (χ1v) is 31.1. The Morgan fingerprint density at radius 3 is 1.17 bits per heavy atom. The molecule has 0 aliphatic carbocycles. The first-order valence-electron chi connectivity index (χ1n) is 31.1. The maximum absolute atomic E-state index is 13.1. The second-order valence-electron chi connectivity index (χ2n) is 22.5. The number of aliphatic hydroxyl groups is 8. The second-order valence-corrected chi connectivity index (χ2v) is 22.5. The summed E-state index contributed by atoms with van der Waals surface area (Å²) in [5, 5.41) is 94.9. The summed E-state index contributed by atoms with van der Waals surface area (Å²) in [6.07, 6.45) is -5.23. The molecule has 1 aromatic carbocycles. The number of carbonyl (C=O) groups excluding carboxylic acids is 4. The van der Waals surface area contributed by atoms with E-state index in [1.54, 1.807) is 24.8 Å². The van der Waals surface area contributed by atoms with Gasteiger partial charge in [0.25, 0.3) is 0 Å². The van der Waals surface area contributed by atoms with E-state index >= 15 is 0 Å². The van der Waals surface area contributed by atoms with E-state index in [2.05, 4.69) is 57.9 Å². The number of unbranched alkanes of at least 4 members (excludes halogenated alkanes) is 3. The number of amides is 6. The predicted molar refractivity (Wildman–Crippen MR) is 342 cm³/mol. The van der Waals surface area contributed by atoms with Crippen molar-refractivity contribution in [2.75, 3.05) is 65.6 Å². The fourth-order valence-electron chi connectivity index (χ4n) is 10.6. The van der Waals surface area contributed by atoms with Gasteiger partial charge in [0.05, 0.1) is 65.4 Å². The van der Waals surface area contributed by atoms with E-state index in [0.29, 0.717) is 77.3 Å². The van der Waals surface area contributed by atoms with Crippen molar-refractivity contribution in [2.45, 2.75) is 99.8 Å². The van der Waals surface area contributed by atoms with Gasteiger partial charge < -0.3 is 91.9 Å². The maximum Gasteiger partial charge on any atom is 0.316 e. The summed E-state index contributed by atoms with van der Waals surface area (Å²) in [7, 11) is 0. The third kappa shape index (κ3) is 19.5. The Kier molecular flexibility index (Phi) is 25.6. The molecule has 6 aromatic heterocycles. The molecule has 2 aliphatic heterocycles. The van der Waals surface area contributed by atoms with Crippen molar-refractivity contribution in [3.8, 4) is 73.6 Å². The SMILES string of the molecule is O=C(CCN(CCCCCCOc1cc(-c2cc(-c3ccccn3)nc(-c3ccccn3)c2)cc(-c2cc(-c3ccccn3)nc(-c3ccccn3)c2)c1)CCC(=O)NCCNC(=O)N[C@H]1O[C@@H](CO)[C@H](O)[C@@H](O)[C@@H]1O)NCCNC(=O)N[C@H]1O[C@@H](CO)[C@H](O)[C@@H](O)[C@@H]1O. The minimum absolute atomic E-state index is 0.0265. The monoisotopic (exact) mass is 1290 g/mol. The molecule has 94 heavy (non-hydrogen) atoms. The first-order chi connectivity index (χ1) is 45.6. The minimum atomic E-state index is -1.68. The van der Waals surface area contributed by atoms with E-state index < -0.39 is 86.6 Å². The van der Waals surface area contributed by atoms with E-state index in [9.17, 15) is 60.0 Å². The number of urea groups is 2. The highest BCUT2D eigenvalue weighted by molar-refractivity contribution is 5.82. The van der Waals surface area contributed by atoms with Gasteiger partial charge in [-0.05, 0) is 133 Å². The molecule has 0 radical (unpaired) electrons. The van der Waals surface area contributed by atoms with Crippen LogP contribution < -0.4 is 36.6 Å². The lowest BCUT2D eigenvalue weighted by Gasteiger charge is -2.40. The Bertz CT molecular complexity index is 3220. The quantitative estimate of drug-likeness (QED) is 0.0284. The Morgan fingerprint density at radius 2 is 0.798 bits per heavy atom. The van der Waals surface area contributed by atoms with Gasteiger partial charge in [-0.3, -0.25) is 29.5 Å². The molecule has 7 aromatic rings. The van der Waals surface area contributed by atoms with E-state index in [1.165, 1.54) is 0 Å². The van der Waals surface area contributed by atoms with Crippen LogP contribution in [0.4, 0.5) is 9.59 Å². The summed E-state index contributed by atoms with van der Waals surface area (Å²) in [5.74, 6) is -0.0402. The molecule has 498 valence electrons. The number of hydrogen-bond acceptors (Lipinski definition) is 22. The topological polar surface area (TPSA) is 411 Å². The number of nitrogens with zero attached hydrogens (tertiary/aromatic N) is 7. The van der Waals surface area contributed by atoms with Crippen LogP contribution in [0.5, 0.6) is 5.75 Å². The van der Waals surface area contributed by atoms with Crippen LogP contribution in [0.2, 0.25) is 0 Å². The van der Waals surface area contributed by atoms with Crippen molar-refractivity contribution < 1.29 is 74.2 Å². The number of benzene rings is 1. The molecule has 10 atom stereocenters. The Hall–Kier alpha value is -9.04. The van der Waals surface area contributed by atoms with Gasteiger partial charge in [0.1, 0.15) is 54.6 Å². The molecule has 0 saturated carbocycles. The third-order valence-corrected chi connectivity index (χ3v) is 15.7. The second kappa shape index (κ2) is 34.7. The summed E-state index contributed by atoms with van der Waals surface area (Å²) in [4.78, 5) is 82.0. The van der Waals surface area contributed by atoms with Crippen molar-refractivity contribution in [1.82, 2.24) is 66.7 Å². The molecule has 28 nitrogen and oxygen atoms in total. The predicted octanol–water partition coefficient (Wildman–Crippen LogP) is 1.51. The summed E-state index contributed by atoms with van der Waals surface area (Å²) in [6.45, 7) is 0.120. The van der Waals surface area contributed by atoms with Crippen molar-refractivity contribution >= 4 is 23.9 Å². The van der Waals surface area contributed by atoms with Crippen molar-refractivity contribution in [1.29, 1.82) is 0 Å². The van der Waals surface area contributed by atoms with Crippen LogP contribution in [0.15, 0.2) is 140 Å². The fourth-order valence-corrected chi connectivity index (χ4v) is 10.6. The summed E-state index contributed by atoms with van der Waals surface area (Å²) in [6, 6.07) is 35.3. The standard InChI is InChI=1S/C66H79N13O15/c80-38-53-57(84)59(86)61(88)63(93-53)77-65(90)73-25-23-71-55(82)17-28-79(29-18-56(83)72-24-26-74-66(91)78-64-62(89)60(87)58(85)54(39-81)94-64)27-11-1-2-12-30-92-44-32-40(42-34-49(45-13-3-7-19-67-45)75-50(35-42)46-14-4-8-20-68-46)31-41(33-44)43-36-51(47-15-5-9-21-69-47)76-52(37-43)48-16-6-10-22-70-48/h3-10,13-16,19-22,31-37,53-54,57-64,80-81,84-89H,1-2,11-12,17-18,23-30,38-39H2,(H,71,82)(H,72,83)(H2,73,77,90)(H2,74,78,91)/t53-,54-,57-,58-,59+,60+,61-,62-,63-,64-/m0/s1. The first kappa shape index (κ1) is 69.3. The summed E-state index contributed by atoms with van der Waals surface area (Å²) < 4.78 is 17.3. The zero-order valence-corrected chi connectivity index (χ0v) is 51.4. The lowest BCUT2D eigenvalue weighted by atomic mass is 9.96. The Morgan fingerprint density at radius 1 is 0.426 bits per heavy atom. The summed E-state index contributed by atoms with van der Waals surface area (Å²) >= 11 is 0. The van der Waals surface area contributed by atoms with Crippen molar-refractivity contribution in [3.63, 3.8) is 0 Å². The van der Waals surface area contributed by atoms with E-state index in [4.69, 9.17) is 24.2 Å². The molecule has 14 N–H and O–H groups in total. The fraction of sp³-hybridized carbons (Fsp3) is 0.394. The largest absolute Gasteiger partial charge is 0.494 e. The molecular weight excluding hydrogens is 1210 g/mol. The zero-order chi connectivity index (χ0) is 66.3. The third-order valence-electron chi connectivity index (χ3n) is 15.7. The smallest absolute Gasteiger partial charge is 0.316 e. The summed E-state index contributed by atoms with van der Waals surface area (Å²) in [5.41, 5.74) is 8.84. The molecule has 2 aliphatic rings. The van der Waals surface area contributed by atoms with Crippen molar-refractivity contribution in [2.24, 2.45) is 0 Å². The number of aromatic nitrogens is 6. The highest BCUT2D eigenvalue weighted by Crippen LogP contribution is 2.37. The van der Waals surface area contributed by atoms with Crippen LogP contribution in [0.1, 0.15) is 38.5 Å². The molecule has 0 spiro atoms. The molecular formula is C66H79N13O15. The molecule has 28 heteroatoms. The molecule has 2 saturated heterocycles. The van der Waals surface area contributed by atoms with Gasteiger partial charge in [-0.25, -0.2) is 19.6 Å². The van der Waals surface area contributed by atoms with Gasteiger partial charge in [-0.1, -0.05) is 37.1 Å². The number of ether oxygens (including phenoxy) is 3. The lowest BCUT2D eigenvalue weighted by molar-refractivity contribution is -0.233. The number of pyridine rings is 6. The van der Waals surface area contributed by atoms with Crippen LogP contribution in [0.3, 0.4) is 0 Å². The van der Waals surface area contributed by atoms with E-state index in [-0.39, 0.29) is 63.9 Å². The molecule has 2 fully saturated rings. The van der Waals surface area contributed by atoms with Crippen molar-refractivity contribution in [3.05, 3.63) is 140 Å².